The molecule has 0 spiro atoms. The molecule has 1 aliphatic rings. The molecule has 1 saturated heterocycles. The third kappa shape index (κ3) is 3.78. The average Bonchev–Trinajstić information content (AvgIpc) is 2.89. The normalized spacial score (nSPS) is 21.8. The zero-order chi connectivity index (χ0) is 13.7. The zero-order valence-electron chi connectivity index (χ0n) is 12.1. The van der Waals surface area contributed by atoms with Crippen LogP contribution in [0, 0.1) is 5.92 Å². The monoisotopic (exact) mass is 267 g/mol. The highest BCUT2D eigenvalue weighted by Crippen LogP contribution is 2.21. The Morgan fingerprint density at radius 3 is 2.89 bits per heavy atom. The van der Waals surface area contributed by atoms with Crippen molar-refractivity contribution in [3.05, 3.63) is 18.0 Å². The number of rotatable bonds is 6. The van der Waals surface area contributed by atoms with Gasteiger partial charge in [0.1, 0.15) is 6.17 Å². The van der Waals surface area contributed by atoms with Crippen LogP contribution >= 0.6 is 0 Å². The SMILES string of the molecule is CCC(CC)n1ccc(CC(F)C2CCCNC2)n1. The second-order valence-electron chi connectivity index (χ2n) is 5.58. The van der Waals surface area contributed by atoms with Crippen molar-refractivity contribution < 1.29 is 4.39 Å². The van der Waals surface area contributed by atoms with Crippen molar-refractivity contribution in [3.63, 3.8) is 0 Å². The third-order valence-electron chi connectivity index (χ3n) is 4.23. The Labute approximate surface area is 115 Å². The number of nitrogens with zero attached hydrogens (tertiary/aromatic N) is 2. The molecule has 3 nitrogen and oxygen atoms in total. The van der Waals surface area contributed by atoms with Crippen LogP contribution < -0.4 is 5.32 Å². The summed E-state index contributed by atoms with van der Waals surface area (Å²) in [6, 6.07) is 2.42. The van der Waals surface area contributed by atoms with Gasteiger partial charge in [0.25, 0.3) is 0 Å². The molecular weight excluding hydrogens is 241 g/mol. The first-order chi connectivity index (χ1) is 9.24. The van der Waals surface area contributed by atoms with Gasteiger partial charge in [0.05, 0.1) is 11.7 Å². The quantitative estimate of drug-likeness (QED) is 0.858. The molecule has 1 N–H and O–H groups in total. The summed E-state index contributed by atoms with van der Waals surface area (Å²) in [5, 5.41) is 7.82. The van der Waals surface area contributed by atoms with Gasteiger partial charge in [0.15, 0.2) is 0 Å². The number of aromatic nitrogens is 2. The number of alkyl halides is 1. The van der Waals surface area contributed by atoms with Crippen LogP contribution in [0.3, 0.4) is 0 Å². The summed E-state index contributed by atoms with van der Waals surface area (Å²) >= 11 is 0. The summed E-state index contributed by atoms with van der Waals surface area (Å²) in [6.07, 6.45) is 5.93. The van der Waals surface area contributed by atoms with E-state index in [0.717, 1.165) is 44.5 Å². The van der Waals surface area contributed by atoms with Crippen molar-refractivity contribution in [2.45, 2.75) is 58.2 Å². The lowest BCUT2D eigenvalue weighted by atomic mass is 9.92. The largest absolute Gasteiger partial charge is 0.316 e. The van der Waals surface area contributed by atoms with Crippen molar-refractivity contribution in [2.24, 2.45) is 5.92 Å². The molecule has 2 rings (SSSR count). The fourth-order valence-corrected chi connectivity index (χ4v) is 2.91. The Balaban J connectivity index is 1.91. The molecule has 0 radical (unpaired) electrons. The maximum absolute atomic E-state index is 14.3. The molecule has 0 saturated carbocycles. The molecule has 1 fully saturated rings. The number of hydrogen-bond donors (Lipinski definition) is 1. The van der Waals surface area contributed by atoms with E-state index in [2.05, 4.69) is 24.3 Å². The molecule has 2 heterocycles. The van der Waals surface area contributed by atoms with Crippen LogP contribution in [0.5, 0.6) is 0 Å². The molecular formula is C15H26FN3. The molecule has 0 aliphatic carbocycles. The van der Waals surface area contributed by atoms with E-state index in [1.807, 2.05) is 16.9 Å². The summed E-state index contributed by atoms with van der Waals surface area (Å²) < 4.78 is 16.3. The van der Waals surface area contributed by atoms with Gasteiger partial charge >= 0.3 is 0 Å². The van der Waals surface area contributed by atoms with Crippen LogP contribution in [0.25, 0.3) is 0 Å². The van der Waals surface area contributed by atoms with Crippen LogP contribution in [0.1, 0.15) is 51.3 Å². The van der Waals surface area contributed by atoms with Gasteiger partial charge in [0, 0.05) is 25.1 Å². The molecule has 1 aromatic heterocycles. The van der Waals surface area contributed by atoms with Crippen molar-refractivity contribution in [1.82, 2.24) is 15.1 Å². The van der Waals surface area contributed by atoms with Gasteiger partial charge in [-0.05, 0) is 38.3 Å². The van der Waals surface area contributed by atoms with Gasteiger partial charge in [-0.3, -0.25) is 4.68 Å². The minimum atomic E-state index is -0.766. The predicted molar refractivity (Wildman–Crippen MR) is 76.0 cm³/mol. The Morgan fingerprint density at radius 2 is 2.26 bits per heavy atom. The highest BCUT2D eigenvalue weighted by Gasteiger charge is 2.24. The Hall–Kier alpha value is -0.900. The number of halogens is 1. The van der Waals surface area contributed by atoms with Gasteiger partial charge in [0.2, 0.25) is 0 Å². The van der Waals surface area contributed by atoms with Crippen molar-refractivity contribution >= 4 is 0 Å². The topological polar surface area (TPSA) is 29.9 Å². The van der Waals surface area contributed by atoms with Gasteiger partial charge in [-0.25, -0.2) is 4.39 Å². The van der Waals surface area contributed by atoms with Gasteiger partial charge in [-0.1, -0.05) is 13.8 Å². The molecule has 1 aromatic rings. The number of nitrogens with one attached hydrogen (secondary N) is 1. The van der Waals surface area contributed by atoms with Gasteiger partial charge < -0.3 is 5.32 Å². The summed E-state index contributed by atoms with van der Waals surface area (Å²) in [5.41, 5.74) is 0.893. The number of hydrogen-bond acceptors (Lipinski definition) is 2. The first-order valence-electron chi connectivity index (χ1n) is 7.63. The predicted octanol–water partition coefficient (Wildman–Crippen LogP) is 3.12. The summed E-state index contributed by atoms with van der Waals surface area (Å²) in [4.78, 5) is 0. The first-order valence-corrected chi connectivity index (χ1v) is 7.63. The minimum absolute atomic E-state index is 0.159. The number of piperidine rings is 1. The fourth-order valence-electron chi connectivity index (χ4n) is 2.91. The van der Waals surface area contributed by atoms with Crippen LogP contribution in [0.2, 0.25) is 0 Å². The van der Waals surface area contributed by atoms with E-state index in [0.29, 0.717) is 12.5 Å². The first kappa shape index (κ1) is 14.5. The molecule has 1 aliphatic heterocycles. The molecule has 19 heavy (non-hydrogen) atoms. The Bertz CT molecular complexity index is 367. The zero-order valence-corrected chi connectivity index (χ0v) is 12.1. The van der Waals surface area contributed by atoms with Crippen LogP contribution in [-0.2, 0) is 6.42 Å². The standard InChI is InChI=1S/C15H26FN3/c1-3-14(4-2)19-9-7-13(18-19)10-15(16)12-6-5-8-17-11-12/h7,9,12,14-15,17H,3-6,8,10-11H2,1-2H3. The molecule has 0 aromatic carbocycles. The van der Waals surface area contributed by atoms with Crippen LogP contribution in [0.4, 0.5) is 4.39 Å². The van der Waals surface area contributed by atoms with Crippen LogP contribution in [-0.4, -0.2) is 29.0 Å². The molecule has 108 valence electrons. The van der Waals surface area contributed by atoms with E-state index in [9.17, 15) is 4.39 Å². The molecule has 2 atom stereocenters. The highest BCUT2D eigenvalue weighted by atomic mass is 19.1. The molecule has 4 heteroatoms. The van der Waals surface area contributed by atoms with Crippen molar-refractivity contribution in [3.8, 4) is 0 Å². The lowest BCUT2D eigenvalue weighted by Gasteiger charge is -2.25. The second kappa shape index (κ2) is 7.04. The summed E-state index contributed by atoms with van der Waals surface area (Å²) in [6.45, 7) is 6.18. The van der Waals surface area contributed by atoms with Crippen molar-refractivity contribution in [1.29, 1.82) is 0 Å². The fraction of sp³-hybridized carbons (Fsp3) is 0.800. The summed E-state index contributed by atoms with van der Waals surface area (Å²) in [5.74, 6) is 0.159. The smallest absolute Gasteiger partial charge is 0.110 e. The van der Waals surface area contributed by atoms with E-state index in [1.54, 1.807) is 0 Å². The average molecular weight is 267 g/mol. The van der Waals surface area contributed by atoms with Crippen LogP contribution in [0.15, 0.2) is 12.3 Å². The van der Waals surface area contributed by atoms with E-state index in [1.165, 1.54) is 0 Å². The highest BCUT2D eigenvalue weighted by molar-refractivity contribution is 5.02. The minimum Gasteiger partial charge on any atom is -0.316 e. The van der Waals surface area contributed by atoms with Gasteiger partial charge in [-0.2, -0.15) is 5.10 Å². The van der Waals surface area contributed by atoms with Gasteiger partial charge in [-0.15, -0.1) is 0 Å². The molecule has 2 unspecified atom stereocenters. The Morgan fingerprint density at radius 1 is 1.47 bits per heavy atom. The van der Waals surface area contributed by atoms with E-state index >= 15 is 0 Å². The third-order valence-corrected chi connectivity index (χ3v) is 4.23. The lowest BCUT2D eigenvalue weighted by Crippen LogP contribution is -2.35. The van der Waals surface area contributed by atoms with Crippen molar-refractivity contribution in [2.75, 3.05) is 13.1 Å². The molecule has 0 bridgehead atoms. The molecule has 0 amide bonds. The van der Waals surface area contributed by atoms with E-state index in [-0.39, 0.29) is 5.92 Å². The maximum Gasteiger partial charge on any atom is 0.110 e. The maximum atomic E-state index is 14.3. The summed E-state index contributed by atoms with van der Waals surface area (Å²) in [7, 11) is 0. The lowest BCUT2D eigenvalue weighted by molar-refractivity contribution is 0.189. The Kier molecular flexibility index (Phi) is 5.37. The van der Waals surface area contributed by atoms with E-state index < -0.39 is 6.17 Å². The van der Waals surface area contributed by atoms with E-state index in [4.69, 9.17) is 0 Å². The second-order valence-corrected chi connectivity index (χ2v) is 5.58.